The Bertz CT molecular complexity index is 405. The van der Waals surface area contributed by atoms with Gasteiger partial charge in [-0.3, -0.25) is 4.79 Å². The average Bonchev–Trinajstić information content (AvgIpc) is 2.26. The van der Waals surface area contributed by atoms with E-state index >= 15 is 0 Å². The van der Waals surface area contributed by atoms with Crippen molar-refractivity contribution < 1.29 is 9.53 Å². The Morgan fingerprint density at radius 1 is 1.28 bits per heavy atom. The zero-order valence-electron chi connectivity index (χ0n) is 11.8. The molecular weight excluding hydrogens is 228 g/mol. The van der Waals surface area contributed by atoms with Gasteiger partial charge in [0.05, 0.1) is 13.7 Å². The Labute approximate surface area is 109 Å². The summed E-state index contributed by atoms with van der Waals surface area (Å²) in [6.07, 6.45) is 0. The van der Waals surface area contributed by atoms with Crippen LogP contribution in [0.15, 0.2) is 12.1 Å². The number of hydrogen-bond donors (Lipinski definition) is 2. The predicted octanol–water partition coefficient (Wildman–Crippen LogP) is 2.25. The molecular formula is C14H22N2O2. The van der Waals surface area contributed by atoms with Gasteiger partial charge >= 0.3 is 0 Å². The van der Waals surface area contributed by atoms with Crippen molar-refractivity contribution in [3.8, 4) is 5.75 Å². The van der Waals surface area contributed by atoms with Crippen molar-refractivity contribution >= 4 is 11.6 Å². The van der Waals surface area contributed by atoms with Crippen LogP contribution in [0.25, 0.3) is 0 Å². The summed E-state index contributed by atoms with van der Waals surface area (Å²) in [5.41, 5.74) is 2.84. The van der Waals surface area contributed by atoms with Crippen LogP contribution >= 0.6 is 0 Å². The third-order valence-electron chi connectivity index (χ3n) is 2.62. The molecule has 0 saturated heterocycles. The molecule has 0 heterocycles. The molecule has 0 spiro atoms. The van der Waals surface area contributed by atoms with Gasteiger partial charge in [0.2, 0.25) is 5.91 Å². The lowest BCUT2D eigenvalue weighted by Crippen LogP contribution is -2.32. The standard InChI is InChI=1S/C14H22N2O2/c1-9(2)15-8-13(17)16-12-6-10(3)14(18-5)11(4)7-12/h6-7,9,15H,8H2,1-5H3,(H,16,17). The Kier molecular flexibility index (Phi) is 5.16. The number of carbonyl (C=O) groups excluding carboxylic acids is 1. The minimum atomic E-state index is -0.0346. The maximum atomic E-state index is 11.7. The summed E-state index contributed by atoms with van der Waals surface area (Å²) in [5.74, 6) is 0.834. The molecule has 0 aliphatic rings. The topological polar surface area (TPSA) is 50.4 Å². The Morgan fingerprint density at radius 3 is 2.28 bits per heavy atom. The number of amides is 1. The average molecular weight is 250 g/mol. The Balaban J connectivity index is 2.71. The summed E-state index contributed by atoms with van der Waals surface area (Å²) in [4.78, 5) is 11.7. The van der Waals surface area contributed by atoms with E-state index in [0.29, 0.717) is 12.6 Å². The molecule has 0 fully saturated rings. The molecule has 2 N–H and O–H groups in total. The van der Waals surface area contributed by atoms with E-state index in [-0.39, 0.29) is 5.91 Å². The molecule has 1 aromatic rings. The highest BCUT2D eigenvalue weighted by atomic mass is 16.5. The highest BCUT2D eigenvalue weighted by Gasteiger charge is 2.08. The molecule has 0 atom stereocenters. The maximum Gasteiger partial charge on any atom is 0.238 e. The molecule has 4 heteroatoms. The van der Waals surface area contributed by atoms with Gasteiger partial charge in [-0.25, -0.2) is 0 Å². The van der Waals surface area contributed by atoms with Crippen LogP contribution in [0.4, 0.5) is 5.69 Å². The zero-order valence-corrected chi connectivity index (χ0v) is 11.8. The van der Waals surface area contributed by atoms with Crippen molar-refractivity contribution in [2.24, 2.45) is 0 Å². The second-order valence-corrected chi connectivity index (χ2v) is 4.73. The first-order valence-corrected chi connectivity index (χ1v) is 6.12. The minimum Gasteiger partial charge on any atom is -0.496 e. The monoisotopic (exact) mass is 250 g/mol. The van der Waals surface area contributed by atoms with Crippen LogP contribution in [0, 0.1) is 13.8 Å². The summed E-state index contributed by atoms with van der Waals surface area (Å²) in [6.45, 7) is 8.27. The molecule has 0 unspecified atom stereocenters. The van der Waals surface area contributed by atoms with Crippen LogP contribution in [0.5, 0.6) is 5.75 Å². The molecule has 1 rings (SSSR count). The van der Waals surface area contributed by atoms with Crippen LogP contribution in [0.1, 0.15) is 25.0 Å². The predicted molar refractivity (Wildman–Crippen MR) is 74.2 cm³/mol. The van der Waals surface area contributed by atoms with Crippen molar-refractivity contribution in [1.82, 2.24) is 5.32 Å². The molecule has 4 nitrogen and oxygen atoms in total. The fourth-order valence-corrected chi connectivity index (χ4v) is 1.85. The van der Waals surface area contributed by atoms with Gasteiger partial charge in [-0.1, -0.05) is 13.8 Å². The first-order chi connectivity index (χ1) is 8.43. The Morgan fingerprint density at radius 2 is 1.83 bits per heavy atom. The number of benzene rings is 1. The molecule has 0 radical (unpaired) electrons. The van der Waals surface area contributed by atoms with E-state index in [0.717, 1.165) is 22.6 Å². The van der Waals surface area contributed by atoms with Crippen LogP contribution in [-0.4, -0.2) is 25.6 Å². The molecule has 100 valence electrons. The van der Waals surface area contributed by atoms with Gasteiger partial charge in [-0.15, -0.1) is 0 Å². The maximum absolute atomic E-state index is 11.7. The summed E-state index contributed by atoms with van der Waals surface area (Å²) < 4.78 is 5.29. The van der Waals surface area contributed by atoms with Gasteiger partial charge in [-0.05, 0) is 37.1 Å². The summed E-state index contributed by atoms with van der Waals surface area (Å²) in [5, 5.41) is 5.95. The molecule has 0 aliphatic carbocycles. The van der Waals surface area contributed by atoms with Gasteiger partial charge in [0, 0.05) is 11.7 Å². The second-order valence-electron chi connectivity index (χ2n) is 4.73. The van der Waals surface area contributed by atoms with Crippen molar-refractivity contribution in [2.45, 2.75) is 33.7 Å². The molecule has 18 heavy (non-hydrogen) atoms. The number of rotatable bonds is 5. The number of hydrogen-bond acceptors (Lipinski definition) is 3. The van der Waals surface area contributed by atoms with Crippen LogP contribution in [0.2, 0.25) is 0 Å². The second kappa shape index (κ2) is 6.40. The van der Waals surface area contributed by atoms with Crippen LogP contribution in [0.3, 0.4) is 0 Å². The van der Waals surface area contributed by atoms with Gasteiger partial charge in [0.25, 0.3) is 0 Å². The molecule has 1 amide bonds. The molecule has 0 aromatic heterocycles. The van der Waals surface area contributed by atoms with Crippen molar-refractivity contribution in [3.63, 3.8) is 0 Å². The third kappa shape index (κ3) is 4.04. The zero-order chi connectivity index (χ0) is 13.7. The van der Waals surface area contributed by atoms with Crippen molar-refractivity contribution in [2.75, 3.05) is 19.0 Å². The summed E-state index contributed by atoms with van der Waals surface area (Å²) >= 11 is 0. The molecule has 0 bridgehead atoms. The van der Waals surface area contributed by atoms with Gasteiger partial charge in [-0.2, -0.15) is 0 Å². The van der Waals surface area contributed by atoms with Crippen LogP contribution in [-0.2, 0) is 4.79 Å². The van der Waals surface area contributed by atoms with Crippen LogP contribution < -0.4 is 15.4 Å². The van der Waals surface area contributed by atoms with Crippen molar-refractivity contribution in [1.29, 1.82) is 0 Å². The first-order valence-electron chi connectivity index (χ1n) is 6.12. The van der Waals surface area contributed by atoms with E-state index < -0.39 is 0 Å². The number of anilines is 1. The highest BCUT2D eigenvalue weighted by Crippen LogP contribution is 2.26. The highest BCUT2D eigenvalue weighted by molar-refractivity contribution is 5.92. The minimum absolute atomic E-state index is 0.0346. The number of methoxy groups -OCH3 is 1. The number of nitrogens with one attached hydrogen (secondary N) is 2. The first kappa shape index (κ1) is 14.5. The Hall–Kier alpha value is -1.55. The quantitative estimate of drug-likeness (QED) is 0.842. The van der Waals surface area contributed by atoms with E-state index in [1.165, 1.54) is 0 Å². The molecule has 0 aliphatic heterocycles. The third-order valence-corrected chi connectivity index (χ3v) is 2.62. The van der Waals surface area contributed by atoms with E-state index in [1.54, 1.807) is 7.11 Å². The smallest absolute Gasteiger partial charge is 0.238 e. The largest absolute Gasteiger partial charge is 0.496 e. The molecule has 1 aromatic carbocycles. The van der Waals surface area contributed by atoms with E-state index in [4.69, 9.17) is 4.74 Å². The number of ether oxygens (including phenoxy) is 1. The number of carbonyl (C=O) groups is 1. The normalized spacial score (nSPS) is 10.6. The SMILES string of the molecule is COc1c(C)cc(NC(=O)CNC(C)C)cc1C. The van der Waals surface area contributed by atoms with Crippen molar-refractivity contribution in [3.05, 3.63) is 23.3 Å². The van der Waals surface area contributed by atoms with E-state index in [9.17, 15) is 4.79 Å². The lowest BCUT2D eigenvalue weighted by molar-refractivity contribution is -0.115. The summed E-state index contributed by atoms with van der Waals surface area (Å²) in [6, 6.07) is 4.13. The van der Waals surface area contributed by atoms with E-state index in [2.05, 4.69) is 10.6 Å². The number of aryl methyl sites for hydroxylation is 2. The summed E-state index contributed by atoms with van der Waals surface area (Å²) in [7, 11) is 1.65. The van der Waals surface area contributed by atoms with Gasteiger partial charge < -0.3 is 15.4 Å². The fourth-order valence-electron chi connectivity index (χ4n) is 1.85. The van der Waals surface area contributed by atoms with Gasteiger partial charge in [0.15, 0.2) is 0 Å². The van der Waals surface area contributed by atoms with Gasteiger partial charge in [0.1, 0.15) is 5.75 Å². The fraction of sp³-hybridized carbons (Fsp3) is 0.500. The lowest BCUT2D eigenvalue weighted by atomic mass is 10.1. The lowest BCUT2D eigenvalue weighted by Gasteiger charge is -2.13. The van der Waals surface area contributed by atoms with E-state index in [1.807, 2.05) is 39.8 Å². The molecule has 0 saturated carbocycles.